The highest BCUT2D eigenvalue weighted by Crippen LogP contribution is 2.27. The van der Waals surface area contributed by atoms with E-state index in [1.54, 1.807) is 19.1 Å². The van der Waals surface area contributed by atoms with Crippen LogP contribution in [0.3, 0.4) is 0 Å². The Kier molecular flexibility index (Phi) is 5.29. The van der Waals surface area contributed by atoms with Crippen LogP contribution in [0.15, 0.2) is 72.8 Å². The molecule has 1 fully saturated rings. The zero-order chi connectivity index (χ0) is 22.0. The van der Waals surface area contributed by atoms with Crippen LogP contribution in [0.2, 0.25) is 0 Å². The number of urea groups is 1. The van der Waals surface area contributed by atoms with Crippen LogP contribution in [0.5, 0.6) is 0 Å². The molecular weight excluding hydrogens is 390 g/mol. The van der Waals surface area contributed by atoms with Crippen LogP contribution in [0.25, 0.3) is 11.1 Å². The van der Waals surface area contributed by atoms with Crippen LogP contribution in [0.1, 0.15) is 34.0 Å². The molecule has 156 valence electrons. The van der Waals surface area contributed by atoms with Gasteiger partial charge in [0.1, 0.15) is 5.54 Å². The van der Waals surface area contributed by atoms with Crippen molar-refractivity contribution in [1.29, 1.82) is 0 Å². The van der Waals surface area contributed by atoms with Crippen LogP contribution in [-0.2, 0) is 16.9 Å². The van der Waals surface area contributed by atoms with E-state index in [0.717, 1.165) is 22.3 Å². The lowest BCUT2D eigenvalue weighted by molar-refractivity contribution is -0.123. The molecule has 3 aromatic carbocycles. The second kappa shape index (κ2) is 8.07. The third-order valence-electron chi connectivity index (χ3n) is 5.61. The van der Waals surface area contributed by atoms with Crippen molar-refractivity contribution in [2.75, 3.05) is 0 Å². The van der Waals surface area contributed by atoms with Gasteiger partial charge in [0.2, 0.25) is 0 Å². The number of nitrogens with one attached hydrogen (secondary N) is 3. The van der Waals surface area contributed by atoms with E-state index in [1.807, 2.05) is 67.6 Å². The second-order valence-corrected chi connectivity index (χ2v) is 7.78. The van der Waals surface area contributed by atoms with Crippen LogP contribution < -0.4 is 16.0 Å². The summed E-state index contributed by atoms with van der Waals surface area (Å²) in [5.74, 6) is -0.576. The molecule has 31 heavy (non-hydrogen) atoms. The zero-order valence-electron chi connectivity index (χ0n) is 17.4. The SMILES string of the molecule is Cc1ccccc1-c1ccccc1C(=O)NCc1cccc(C2(C)NC(=O)NC2=O)c1. The molecule has 1 aliphatic rings. The van der Waals surface area contributed by atoms with Crippen molar-refractivity contribution in [3.63, 3.8) is 0 Å². The molecule has 0 aliphatic carbocycles. The molecule has 0 aromatic heterocycles. The van der Waals surface area contributed by atoms with Gasteiger partial charge in [-0.2, -0.15) is 0 Å². The maximum atomic E-state index is 13.0. The molecule has 1 aliphatic heterocycles. The number of carbonyl (C=O) groups excluding carboxylic acids is 3. The predicted molar refractivity (Wildman–Crippen MR) is 118 cm³/mol. The molecule has 6 nitrogen and oxygen atoms in total. The molecule has 0 bridgehead atoms. The maximum Gasteiger partial charge on any atom is 0.322 e. The third kappa shape index (κ3) is 3.92. The summed E-state index contributed by atoms with van der Waals surface area (Å²) in [4.78, 5) is 36.8. The van der Waals surface area contributed by atoms with Gasteiger partial charge in [0.15, 0.2) is 0 Å². The van der Waals surface area contributed by atoms with Gasteiger partial charge in [0.05, 0.1) is 0 Å². The van der Waals surface area contributed by atoms with Crippen molar-refractivity contribution in [1.82, 2.24) is 16.0 Å². The first-order valence-corrected chi connectivity index (χ1v) is 10.0. The average Bonchev–Trinajstić information content (AvgIpc) is 3.05. The van der Waals surface area contributed by atoms with Gasteiger partial charge in [-0.1, -0.05) is 66.7 Å². The van der Waals surface area contributed by atoms with Crippen LogP contribution in [0, 0.1) is 6.92 Å². The molecule has 1 heterocycles. The number of amides is 4. The summed E-state index contributed by atoms with van der Waals surface area (Å²) >= 11 is 0. The molecule has 0 spiro atoms. The number of carbonyl (C=O) groups is 3. The molecule has 1 unspecified atom stereocenters. The van der Waals surface area contributed by atoms with Crippen LogP contribution >= 0.6 is 0 Å². The molecule has 1 saturated heterocycles. The highest BCUT2D eigenvalue weighted by Gasteiger charge is 2.43. The monoisotopic (exact) mass is 413 g/mol. The lowest BCUT2D eigenvalue weighted by Gasteiger charge is -2.21. The summed E-state index contributed by atoms with van der Waals surface area (Å²) in [6, 6.07) is 22.2. The topological polar surface area (TPSA) is 87.3 Å². The van der Waals surface area contributed by atoms with Crippen LogP contribution in [-0.4, -0.2) is 17.8 Å². The summed E-state index contributed by atoms with van der Waals surface area (Å²) in [7, 11) is 0. The molecule has 6 heteroatoms. The highest BCUT2D eigenvalue weighted by molar-refractivity contribution is 6.07. The van der Waals surface area contributed by atoms with Crippen molar-refractivity contribution >= 4 is 17.8 Å². The van der Waals surface area contributed by atoms with E-state index < -0.39 is 17.5 Å². The Morgan fingerprint density at radius 1 is 0.935 bits per heavy atom. The van der Waals surface area contributed by atoms with E-state index in [2.05, 4.69) is 16.0 Å². The van der Waals surface area contributed by atoms with Crippen molar-refractivity contribution in [2.24, 2.45) is 0 Å². The zero-order valence-corrected chi connectivity index (χ0v) is 17.4. The number of rotatable bonds is 5. The number of aryl methyl sites for hydroxylation is 1. The van der Waals surface area contributed by atoms with E-state index in [-0.39, 0.29) is 5.91 Å². The standard InChI is InChI=1S/C25H23N3O3/c1-16-8-3-4-11-19(16)20-12-5-6-13-21(20)22(29)26-15-17-9-7-10-18(14-17)25(2)23(30)27-24(31)28-25/h3-14H,15H2,1-2H3,(H,26,29)(H2,27,28,30,31). The molecule has 3 aromatic rings. The molecule has 4 amide bonds. The molecule has 0 saturated carbocycles. The van der Waals surface area contributed by atoms with Gasteiger partial charge in [0.25, 0.3) is 11.8 Å². The largest absolute Gasteiger partial charge is 0.348 e. The van der Waals surface area contributed by atoms with Crippen molar-refractivity contribution in [2.45, 2.75) is 25.9 Å². The van der Waals surface area contributed by atoms with Crippen molar-refractivity contribution in [3.8, 4) is 11.1 Å². The second-order valence-electron chi connectivity index (χ2n) is 7.78. The fourth-order valence-corrected chi connectivity index (χ4v) is 3.81. The number of hydrogen-bond donors (Lipinski definition) is 3. The molecule has 1 atom stereocenters. The summed E-state index contributed by atoms with van der Waals surface area (Å²) in [5.41, 5.74) is 3.95. The Labute approximate surface area is 180 Å². The minimum atomic E-state index is -1.13. The third-order valence-corrected chi connectivity index (χ3v) is 5.61. The summed E-state index contributed by atoms with van der Waals surface area (Å²) in [5, 5.41) is 7.89. The van der Waals surface area contributed by atoms with E-state index in [4.69, 9.17) is 0 Å². The van der Waals surface area contributed by atoms with Gasteiger partial charge in [-0.3, -0.25) is 14.9 Å². The number of benzene rings is 3. The Morgan fingerprint density at radius 3 is 2.35 bits per heavy atom. The molecular formula is C25H23N3O3. The maximum absolute atomic E-state index is 13.0. The smallest absolute Gasteiger partial charge is 0.322 e. The van der Waals surface area contributed by atoms with Crippen molar-refractivity contribution in [3.05, 3.63) is 95.1 Å². The fraction of sp³-hybridized carbons (Fsp3) is 0.160. The minimum Gasteiger partial charge on any atom is -0.348 e. The summed E-state index contributed by atoms with van der Waals surface area (Å²) in [6.07, 6.45) is 0. The van der Waals surface area contributed by atoms with Crippen LogP contribution in [0.4, 0.5) is 4.79 Å². The first-order valence-electron chi connectivity index (χ1n) is 10.0. The van der Waals surface area contributed by atoms with E-state index in [1.165, 1.54) is 0 Å². The van der Waals surface area contributed by atoms with E-state index in [9.17, 15) is 14.4 Å². The van der Waals surface area contributed by atoms with Gasteiger partial charge in [-0.15, -0.1) is 0 Å². The lowest BCUT2D eigenvalue weighted by Crippen LogP contribution is -2.40. The number of imide groups is 1. The Hall–Kier alpha value is -3.93. The first-order chi connectivity index (χ1) is 14.9. The Balaban J connectivity index is 1.54. The van der Waals surface area contributed by atoms with Gasteiger partial charge in [-0.25, -0.2) is 4.79 Å². The predicted octanol–water partition coefficient (Wildman–Crippen LogP) is 3.65. The van der Waals surface area contributed by atoms with Gasteiger partial charge in [0, 0.05) is 12.1 Å². The van der Waals surface area contributed by atoms with Crippen molar-refractivity contribution < 1.29 is 14.4 Å². The Morgan fingerprint density at radius 2 is 1.65 bits per heavy atom. The molecule has 3 N–H and O–H groups in total. The molecule has 4 rings (SSSR count). The lowest BCUT2D eigenvalue weighted by atomic mass is 9.91. The quantitative estimate of drug-likeness (QED) is 0.558. The average molecular weight is 413 g/mol. The van der Waals surface area contributed by atoms with E-state index >= 15 is 0 Å². The van der Waals surface area contributed by atoms with Gasteiger partial charge < -0.3 is 10.6 Å². The highest BCUT2D eigenvalue weighted by atomic mass is 16.2. The summed E-state index contributed by atoms with van der Waals surface area (Å²) in [6.45, 7) is 3.97. The normalized spacial score (nSPS) is 17.7. The Bertz CT molecular complexity index is 1190. The first kappa shape index (κ1) is 20.3. The van der Waals surface area contributed by atoms with Gasteiger partial charge >= 0.3 is 6.03 Å². The van der Waals surface area contributed by atoms with E-state index in [0.29, 0.717) is 17.7 Å². The van der Waals surface area contributed by atoms with Gasteiger partial charge in [-0.05, 0) is 47.7 Å². The fourth-order valence-electron chi connectivity index (χ4n) is 3.81. The number of hydrogen-bond acceptors (Lipinski definition) is 3. The molecule has 0 radical (unpaired) electrons. The minimum absolute atomic E-state index is 0.178. The summed E-state index contributed by atoms with van der Waals surface area (Å²) < 4.78 is 0.